The Morgan fingerprint density at radius 2 is 1.94 bits per heavy atom. The van der Waals surface area contributed by atoms with Crippen LogP contribution in [0.2, 0.25) is 0 Å². The van der Waals surface area contributed by atoms with Crippen molar-refractivity contribution in [3.8, 4) is 5.75 Å². The Morgan fingerprint density at radius 3 is 2.44 bits per heavy atom. The van der Waals surface area contributed by atoms with Gasteiger partial charge in [-0.1, -0.05) is 12.1 Å². The Bertz CT molecular complexity index is 385. The number of hydrogen-bond acceptors (Lipinski definition) is 2. The van der Waals surface area contributed by atoms with Crippen molar-refractivity contribution >= 4 is 0 Å². The Balaban J connectivity index is 2.20. The molecule has 1 fully saturated rings. The second kappa shape index (κ2) is 3.66. The summed E-state index contributed by atoms with van der Waals surface area (Å²) in [7, 11) is 0. The minimum atomic E-state index is -4.65. The molecule has 0 aromatic heterocycles. The van der Waals surface area contributed by atoms with Crippen molar-refractivity contribution in [1.82, 2.24) is 0 Å². The van der Waals surface area contributed by atoms with E-state index in [0.717, 1.165) is 19.3 Å². The average Bonchev–Trinajstić information content (AvgIpc) is 2.12. The van der Waals surface area contributed by atoms with Gasteiger partial charge in [-0.2, -0.15) is 0 Å². The van der Waals surface area contributed by atoms with E-state index >= 15 is 0 Å². The predicted molar refractivity (Wildman–Crippen MR) is 52.8 cm³/mol. The third-order valence-electron chi connectivity index (χ3n) is 2.89. The van der Waals surface area contributed by atoms with E-state index in [-0.39, 0.29) is 5.75 Å². The van der Waals surface area contributed by atoms with E-state index in [9.17, 15) is 13.2 Å². The Morgan fingerprint density at radius 1 is 1.25 bits per heavy atom. The van der Waals surface area contributed by atoms with Crippen molar-refractivity contribution in [2.75, 3.05) is 0 Å². The maximum atomic E-state index is 12.0. The maximum absolute atomic E-state index is 12.0. The van der Waals surface area contributed by atoms with Gasteiger partial charge in [0.15, 0.2) is 0 Å². The molecule has 0 spiro atoms. The molecular formula is C11H12F3NO. The number of hydrogen-bond donors (Lipinski definition) is 1. The molecule has 0 heterocycles. The second-order valence-electron chi connectivity index (χ2n) is 4.09. The lowest BCUT2D eigenvalue weighted by atomic mass is 9.73. The van der Waals surface area contributed by atoms with Crippen LogP contribution in [0.4, 0.5) is 13.2 Å². The highest BCUT2D eigenvalue weighted by atomic mass is 19.4. The molecule has 1 saturated carbocycles. The fourth-order valence-corrected chi connectivity index (χ4v) is 1.85. The van der Waals surface area contributed by atoms with E-state index < -0.39 is 11.9 Å². The summed E-state index contributed by atoms with van der Waals surface area (Å²) in [6.45, 7) is 0. The Kier molecular flexibility index (Phi) is 2.58. The van der Waals surface area contributed by atoms with Crippen molar-refractivity contribution in [3.63, 3.8) is 0 Å². The fraction of sp³-hybridized carbons (Fsp3) is 0.455. The van der Waals surface area contributed by atoms with Crippen LogP contribution in [0.25, 0.3) is 0 Å². The Hall–Kier alpha value is -1.23. The molecule has 2 N–H and O–H groups in total. The van der Waals surface area contributed by atoms with Gasteiger partial charge in [0.25, 0.3) is 0 Å². The first-order valence-electron chi connectivity index (χ1n) is 5.04. The standard InChI is InChI=1S/C11H12F3NO/c12-11(13,14)16-9-4-1-3-8(7-9)10(15)5-2-6-10/h1,3-4,7H,2,5-6,15H2. The summed E-state index contributed by atoms with van der Waals surface area (Å²) in [6.07, 6.45) is -2.02. The first-order chi connectivity index (χ1) is 7.39. The van der Waals surface area contributed by atoms with Crippen LogP contribution in [-0.4, -0.2) is 6.36 Å². The second-order valence-corrected chi connectivity index (χ2v) is 4.09. The molecule has 16 heavy (non-hydrogen) atoms. The van der Waals surface area contributed by atoms with E-state index in [1.165, 1.54) is 18.2 Å². The maximum Gasteiger partial charge on any atom is 0.573 e. The number of alkyl halides is 3. The van der Waals surface area contributed by atoms with Crippen molar-refractivity contribution in [2.24, 2.45) is 5.73 Å². The van der Waals surface area contributed by atoms with Crippen LogP contribution >= 0.6 is 0 Å². The van der Waals surface area contributed by atoms with Crippen molar-refractivity contribution < 1.29 is 17.9 Å². The van der Waals surface area contributed by atoms with Gasteiger partial charge in [0.2, 0.25) is 0 Å². The van der Waals surface area contributed by atoms with Gasteiger partial charge in [-0.25, -0.2) is 0 Å². The first kappa shape index (κ1) is 11.3. The predicted octanol–water partition coefficient (Wildman–Crippen LogP) is 2.92. The van der Waals surface area contributed by atoms with Gasteiger partial charge in [-0.05, 0) is 37.0 Å². The monoisotopic (exact) mass is 231 g/mol. The van der Waals surface area contributed by atoms with Gasteiger partial charge in [-0.15, -0.1) is 13.2 Å². The number of ether oxygens (including phenoxy) is 1. The molecule has 0 aliphatic heterocycles. The van der Waals surface area contributed by atoms with E-state index in [1.54, 1.807) is 6.07 Å². The summed E-state index contributed by atoms with van der Waals surface area (Å²) >= 11 is 0. The van der Waals surface area contributed by atoms with E-state index in [2.05, 4.69) is 4.74 Å². The minimum absolute atomic E-state index is 0.207. The average molecular weight is 231 g/mol. The molecule has 0 amide bonds. The molecule has 0 unspecified atom stereocenters. The topological polar surface area (TPSA) is 35.2 Å². The zero-order valence-corrected chi connectivity index (χ0v) is 8.55. The largest absolute Gasteiger partial charge is 0.573 e. The van der Waals surface area contributed by atoms with Crippen molar-refractivity contribution in [2.45, 2.75) is 31.2 Å². The van der Waals surface area contributed by atoms with Crippen LogP contribution in [0, 0.1) is 0 Å². The molecule has 88 valence electrons. The quantitative estimate of drug-likeness (QED) is 0.849. The lowest BCUT2D eigenvalue weighted by molar-refractivity contribution is -0.274. The molecule has 0 atom stereocenters. The van der Waals surface area contributed by atoms with Gasteiger partial charge >= 0.3 is 6.36 Å². The number of halogens is 3. The smallest absolute Gasteiger partial charge is 0.406 e. The molecule has 1 aromatic carbocycles. The highest BCUT2D eigenvalue weighted by molar-refractivity contribution is 5.34. The molecular weight excluding hydrogens is 219 g/mol. The Labute approximate surface area is 91.2 Å². The summed E-state index contributed by atoms with van der Waals surface area (Å²) in [6, 6.07) is 5.91. The molecule has 0 bridgehead atoms. The zero-order valence-electron chi connectivity index (χ0n) is 8.55. The van der Waals surface area contributed by atoms with Gasteiger partial charge in [0.05, 0.1) is 0 Å². The number of rotatable bonds is 2. The SMILES string of the molecule is NC1(c2cccc(OC(F)(F)F)c2)CCC1. The minimum Gasteiger partial charge on any atom is -0.406 e. The third kappa shape index (κ3) is 2.29. The van der Waals surface area contributed by atoms with Crippen LogP contribution in [0.3, 0.4) is 0 Å². The van der Waals surface area contributed by atoms with Gasteiger partial charge < -0.3 is 10.5 Å². The van der Waals surface area contributed by atoms with E-state index in [1.807, 2.05) is 0 Å². The number of benzene rings is 1. The van der Waals surface area contributed by atoms with Crippen LogP contribution in [-0.2, 0) is 5.54 Å². The van der Waals surface area contributed by atoms with Crippen LogP contribution in [0.5, 0.6) is 5.75 Å². The lowest BCUT2D eigenvalue weighted by Gasteiger charge is -2.38. The normalized spacial score (nSPS) is 19.0. The summed E-state index contributed by atoms with van der Waals surface area (Å²) in [5, 5.41) is 0. The summed E-state index contributed by atoms with van der Waals surface area (Å²) < 4.78 is 39.9. The number of nitrogens with two attached hydrogens (primary N) is 1. The highest BCUT2D eigenvalue weighted by Gasteiger charge is 2.35. The third-order valence-corrected chi connectivity index (χ3v) is 2.89. The molecule has 1 aliphatic rings. The van der Waals surface area contributed by atoms with Gasteiger partial charge in [0.1, 0.15) is 5.75 Å². The van der Waals surface area contributed by atoms with Crippen LogP contribution < -0.4 is 10.5 Å². The highest BCUT2D eigenvalue weighted by Crippen LogP contribution is 2.39. The molecule has 2 rings (SSSR count). The molecule has 1 aromatic rings. The molecule has 2 nitrogen and oxygen atoms in total. The van der Waals surface area contributed by atoms with Gasteiger partial charge in [0, 0.05) is 5.54 Å². The summed E-state index contributed by atoms with van der Waals surface area (Å²) in [5.74, 6) is -0.207. The zero-order chi connectivity index (χ0) is 11.8. The van der Waals surface area contributed by atoms with Crippen LogP contribution in [0.15, 0.2) is 24.3 Å². The molecule has 5 heteroatoms. The fourth-order valence-electron chi connectivity index (χ4n) is 1.85. The molecule has 0 radical (unpaired) electrons. The van der Waals surface area contributed by atoms with Gasteiger partial charge in [-0.3, -0.25) is 0 Å². The summed E-state index contributed by atoms with van der Waals surface area (Å²) in [4.78, 5) is 0. The molecule has 0 saturated heterocycles. The summed E-state index contributed by atoms with van der Waals surface area (Å²) in [5.41, 5.74) is 6.26. The first-order valence-corrected chi connectivity index (χ1v) is 5.04. The molecule has 1 aliphatic carbocycles. The lowest BCUT2D eigenvalue weighted by Crippen LogP contribution is -2.43. The van der Waals surface area contributed by atoms with Crippen LogP contribution in [0.1, 0.15) is 24.8 Å². The van der Waals surface area contributed by atoms with E-state index in [0.29, 0.717) is 5.56 Å². The van der Waals surface area contributed by atoms with Crippen molar-refractivity contribution in [1.29, 1.82) is 0 Å². The van der Waals surface area contributed by atoms with Crippen molar-refractivity contribution in [3.05, 3.63) is 29.8 Å². The van der Waals surface area contributed by atoms with E-state index in [4.69, 9.17) is 5.73 Å².